The first kappa shape index (κ1) is 15.9. The van der Waals surface area contributed by atoms with Crippen LogP contribution >= 0.6 is 0 Å². The molecule has 3 atom stereocenters. The highest BCUT2D eigenvalue weighted by Crippen LogP contribution is 2.32. The monoisotopic (exact) mass is 293 g/mol. The molecular weight excluding hydrogens is 269 g/mol. The maximum Gasteiger partial charge on any atom is 0.237 e. The number of likely N-dealkylation sites (N-methyl/N-ethyl adjacent to an activating group) is 1. The molecule has 21 heavy (non-hydrogen) atoms. The molecule has 1 saturated heterocycles. The van der Waals surface area contributed by atoms with Gasteiger partial charge in [-0.2, -0.15) is 0 Å². The van der Waals surface area contributed by atoms with Crippen LogP contribution in [0.4, 0.5) is 4.39 Å². The van der Waals surface area contributed by atoms with Crippen LogP contribution in [0.5, 0.6) is 0 Å². The molecule has 1 aliphatic rings. The number of nitrogens with one attached hydrogen (secondary N) is 1. The molecule has 0 aromatic heterocycles. The second-order valence-corrected chi connectivity index (χ2v) is 5.58. The molecule has 1 amide bonds. The predicted molar refractivity (Wildman–Crippen MR) is 81.2 cm³/mol. The van der Waals surface area contributed by atoms with Crippen LogP contribution < -0.4 is 11.1 Å². The molecule has 3 N–H and O–H groups in total. The lowest BCUT2D eigenvalue weighted by Crippen LogP contribution is -2.48. The largest absolute Gasteiger partial charge is 0.358 e. The highest BCUT2D eigenvalue weighted by molar-refractivity contribution is 5.81. The summed E-state index contributed by atoms with van der Waals surface area (Å²) in [6, 6.07) is 6.11. The number of hydrogen-bond donors (Lipinski definition) is 2. The first-order valence-electron chi connectivity index (χ1n) is 7.56. The molecule has 0 radical (unpaired) electrons. The molecule has 0 saturated carbocycles. The number of amides is 1. The van der Waals surface area contributed by atoms with E-state index < -0.39 is 0 Å². The number of rotatable bonds is 5. The minimum Gasteiger partial charge on any atom is -0.358 e. The van der Waals surface area contributed by atoms with Gasteiger partial charge in [0, 0.05) is 13.1 Å². The summed E-state index contributed by atoms with van der Waals surface area (Å²) in [4.78, 5) is 14.2. The third-order valence-electron chi connectivity index (χ3n) is 4.27. The zero-order valence-electron chi connectivity index (χ0n) is 12.7. The summed E-state index contributed by atoms with van der Waals surface area (Å²) in [5, 5.41) is 2.72. The Morgan fingerprint density at radius 2 is 2.33 bits per heavy atom. The Bertz CT molecular complexity index is 494. The molecule has 0 spiro atoms. The van der Waals surface area contributed by atoms with Crippen LogP contribution in [0.25, 0.3) is 0 Å². The number of nitrogens with zero attached hydrogens (tertiary/aromatic N) is 1. The van der Waals surface area contributed by atoms with E-state index in [0.717, 1.165) is 31.4 Å². The van der Waals surface area contributed by atoms with Gasteiger partial charge in [-0.1, -0.05) is 19.1 Å². The summed E-state index contributed by atoms with van der Waals surface area (Å²) < 4.78 is 13.6. The summed E-state index contributed by atoms with van der Waals surface area (Å²) in [6.45, 7) is 2.83. The fourth-order valence-corrected chi connectivity index (χ4v) is 3.17. The van der Waals surface area contributed by atoms with Gasteiger partial charge in [0.15, 0.2) is 0 Å². The van der Waals surface area contributed by atoms with Crippen LogP contribution in [0.2, 0.25) is 0 Å². The van der Waals surface area contributed by atoms with Gasteiger partial charge < -0.3 is 11.1 Å². The van der Waals surface area contributed by atoms with Gasteiger partial charge in [0.05, 0.1) is 12.1 Å². The van der Waals surface area contributed by atoms with Crippen molar-refractivity contribution >= 4 is 5.91 Å². The van der Waals surface area contributed by atoms with Crippen molar-refractivity contribution in [1.82, 2.24) is 10.2 Å². The minimum absolute atomic E-state index is 0.0113. The molecule has 0 aliphatic carbocycles. The van der Waals surface area contributed by atoms with Crippen molar-refractivity contribution in [2.75, 3.05) is 13.6 Å². The second kappa shape index (κ2) is 7.00. The Labute approximate surface area is 125 Å². The number of carbonyl (C=O) groups is 1. The van der Waals surface area contributed by atoms with E-state index in [1.54, 1.807) is 13.1 Å². The van der Waals surface area contributed by atoms with Gasteiger partial charge in [0.2, 0.25) is 5.91 Å². The van der Waals surface area contributed by atoms with E-state index in [4.69, 9.17) is 5.73 Å². The van der Waals surface area contributed by atoms with E-state index in [2.05, 4.69) is 10.2 Å². The Kier molecular flexibility index (Phi) is 5.31. The van der Waals surface area contributed by atoms with Crippen LogP contribution in [-0.2, 0) is 4.79 Å². The molecule has 1 heterocycles. The molecule has 1 aliphatic heterocycles. The van der Waals surface area contributed by atoms with E-state index in [1.807, 2.05) is 13.0 Å². The SMILES string of the molecule is CCC(N)C(c1cccc(F)c1)N1CCCC1C(=O)NC. The highest BCUT2D eigenvalue weighted by Gasteiger charge is 2.37. The number of benzene rings is 1. The van der Waals surface area contributed by atoms with Crippen molar-refractivity contribution in [3.8, 4) is 0 Å². The van der Waals surface area contributed by atoms with Gasteiger partial charge in [0.1, 0.15) is 5.82 Å². The molecule has 3 unspecified atom stereocenters. The smallest absolute Gasteiger partial charge is 0.237 e. The van der Waals surface area contributed by atoms with Crippen molar-refractivity contribution in [2.24, 2.45) is 5.73 Å². The van der Waals surface area contributed by atoms with Crippen molar-refractivity contribution in [3.63, 3.8) is 0 Å². The second-order valence-electron chi connectivity index (χ2n) is 5.58. The third-order valence-corrected chi connectivity index (χ3v) is 4.27. The van der Waals surface area contributed by atoms with E-state index in [9.17, 15) is 9.18 Å². The van der Waals surface area contributed by atoms with Gasteiger partial charge in [-0.05, 0) is 43.5 Å². The summed E-state index contributed by atoms with van der Waals surface area (Å²) >= 11 is 0. The van der Waals surface area contributed by atoms with Gasteiger partial charge >= 0.3 is 0 Å². The summed E-state index contributed by atoms with van der Waals surface area (Å²) in [6.07, 6.45) is 2.56. The molecule has 1 aromatic rings. The van der Waals surface area contributed by atoms with Crippen LogP contribution in [-0.4, -0.2) is 36.5 Å². The number of likely N-dealkylation sites (tertiary alicyclic amines) is 1. The fourth-order valence-electron chi connectivity index (χ4n) is 3.17. The van der Waals surface area contributed by atoms with Crippen molar-refractivity contribution in [3.05, 3.63) is 35.6 Å². The molecule has 4 nitrogen and oxygen atoms in total. The van der Waals surface area contributed by atoms with Crippen molar-refractivity contribution < 1.29 is 9.18 Å². The Morgan fingerprint density at radius 3 is 2.95 bits per heavy atom. The lowest BCUT2D eigenvalue weighted by atomic mass is 9.95. The van der Waals surface area contributed by atoms with E-state index in [1.165, 1.54) is 12.1 Å². The van der Waals surface area contributed by atoms with Crippen LogP contribution in [0.15, 0.2) is 24.3 Å². The van der Waals surface area contributed by atoms with E-state index in [-0.39, 0.29) is 29.8 Å². The third kappa shape index (κ3) is 3.41. The average Bonchev–Trinajstić information content (AvgIpc) is 2.95. The normalized spacial score (nSPS) is 22.0. The van der Waals surface area contributed by atoms with Crippen molar-refractivity contribution in [1.29, 1.82) is 0 Å². The Hall–Kier alpha value is -1.46. The average molecular weight is 293 g/mol. The summed E-state index contributed by atoms with van der Waals surface area (Å²) in [5.41, 5.74) is 7.13. The predicted octanol–water partition coefficient (Wildman–Crippen LogP) is 1.81. The number of nitrogens with two attached hydrogens (primary N) is 1. The van der Waals surface area contributed by atoms with Gasteiger partial charge in [-0.25, -0.2) is 4.39 Å². The zero-order valence-corrected chi connectivity index (χ0v) is 12.7. The van der Waals surface area contributed by atoms with E-state index in [0.29, 0.717) is 0 Å². The van der Waals surface area contributed by atoms with Gasteiger partial charge in [-0.3, -0.25) is 9.69 Å². The molecule has 1 aromatic carbocycles. The lowest BCUT2D eigenvalue weighted by molar-refractivity contribution is -0.125. The van der Waals surface area contributed by atoms with Gasteiger partial charge in [0.25, 0.3) is 0 Å². The van der Waals surface area contributed by atoms with Gasteiger partial charge in [-0.15, -0.1) is 0 Å². The van der Waals surface area contributed by atoms with Crippen LogP contribution in [0.1, 0.15) is 37.8 Å². The molecular formula is C16H24FN3O. The molecule has 2 rings (SSSR count). The Balaban J connectivity index is 2.34. The molecule has 1 fully saturated rings. The quantitative estimate of drug-likeness (QED) is 0.870. The fraction of sp³-hybridized carbons (Fsp3) is 0.562. The highest BCUT2D eigenvalue weighted by atomic mass is 19.1. The Morgan fingerprint density at radius 1 is 1.57 bits per heavy atom. The maximum atomic E-state index is 13.6. The summed E-state index contributed by atoms with van der Waals surface area (Å²) in [7, 11) is 1.65. The standard InChI is InChI=1S/C16H24FN3O/c1-3-13(18)15(11-6-4-7-12(17)10-11)20-9-5-8-14(20)16(21)19-2/h4,6-7,10,13-15H,3,5,8-9,18H2,1-2H3,(H,19,21). The zero-order chi connectivity index (χ0) is 15.4. The first-order valence-corrected chi connectivity index (χ1v) is 7.56. The number of halogens is 1. The molecule has 5 heteroatoms. The number of hydrogen-bond acceptors (Lipinski definition) is 3. The van der Waals surface area contributed by atoms with Crippen LogP contribution in [0.3, 0.4) is 0 Å². The number of carbonyl (C=O) groups excluding carboxylic acids is 1. The molecule has 116 valence electrons. The molecule has 0 bridgehead atoms. The topological polar surface area (TPSA) is 58.4 Å². The lowest BCUT2D eigenvalue weighted by Gasteiger charge is -2.36. The van der Waals surface area contributed by atoms with Crippen molar-refractivity contribution in [2.45, 2.75) is 44.3 Å². The minimum atomic E-state index is -0.267. The van der Waals surface area contributed by atoms with E-state index >= 15 is 0 Å². The van der Waals surface area contributed by atoms with Crippen LogP contribution in [0, 0.1) is 5.82 Å². The summed E-state index contributed by atoms with van der Waals surface area (Å²) in [5.74, 6) is -0.256. The maximum absolute atomic E-state index is 13.6. The first-order chi connectivity index (χ1) is 10.1.